The number of anilines is 1. The number of alkyl halides is 3. The molecule has 0 aliphatic carbocycles. The van der Waals surface area contributed by atoms with Gasteiger partial charge in [-0.1, -0.05) is 24.3 Å². The number of ether oxygens (including phenoxy) is 2. The summed E-state index contributed by atoms with van der Waals surface area (Å²) in [5.74, 6) is 0.947. The molecule has 0 unspecified atom stereocenters. The van der Waals surface area contributed by atoms with E-state index in [0.29, 0.717) is 19.0 Å². The Kier molecular flexibility index (Phi) is 8.97. The molecule has 0 spiro atoms. The lowest BCUT2D eigenvalue weighted by Crippen LogP contribution is -2.56. The fraction of sp³-hybridized carbons (Fsp3) is 0.536. The third-order valence-corrected chi connectivity index (χ3v) is 7.62. The molecule has 2 aliphatic heterocycles. The number of methoxy groups -OCH3 is 2. The molecule has 2 aromatic rings. The van der Waals surface area contributed by atoms with E-state index in [-0.39, 0.29) is 11.9 Å². The number of halogens is 3. The van der Waals surface area contributed by atoms with Gasteiger partial charge in [-0.05, 0) is 55.1 Å². The molecule has 2 aliphatic rings. The minimum absolute atomic E-state index is 0.209. The first-order chi connectivity index (χ1) is 17.8. The zero-order chi connectivity index (χ0) is 26.4. The van der Waals surface area contributed by atoms with Crippen LogP contribution in [0.25, 0.3) is 0 Å². The topological polar surface area (TPSA) is 45.2 Å². The van der Waals surface area contributed by atoms with Crippen LogP contribution in [0.15, 0.2) is 48.5 Å². The normalized spacial score (nSPS) is 21.6. The number of likely N-dealkylation sites (tertiary alicyclic amines) is 1. The van der Waals surface area contributed by atoms with Crippen LogP contribution in [0.1, 0.15) is 30.4 Å². The highest BCUT2D eigenvalue weighted by Gasteiger charge is 2.35. The molecular weight excluding hydrogens is 483 g/mol. The zero-order valence-electron chi connectivity index (χ0n) is 21.5. The van der Waals surface area contributed by atoms with E-state index in [1.165, 1.54) is 7.11 Å². The van der Waals surface area contributed by atoms with Crippen molar-refractivity contribution in [3.63, 3.8) is 0 Å². The summed E-state index contributed by atoms with van der Waals surface area (Å²) in [5, 5.41) is 0. The molecule has 2 heterocycles. The fourth-order valence-electron chi connectivity index (χ4n) is 5.65. The van der Waals surface area contributed by atoms with E-state index in [0.717, 1.165) is 81.2 Å². The molecule has 2 saturated heterocycles. The van der Waals surface area contributed by atoms with Crippen LogP contribution < -0.4 is 9.64 Å². The van der Waals surface area contributed by atoms with Crippen LogP contribution in [0.4, 0.5) is 18.9 Å². The van der Waals surface area contributed by atoms with Crippen molar-refractivity contribution in [2.75, 3.05) is 58.4 Å². The summed E-state index contributed by atoms with van der Waals surface area (Å²) in [6.45, 7) is 5.92. The number of nitrogens with zero attached hydrogens (tertiary/aromatic N) is 3. The Labute approximate surface area is 216 Å². The van der Waals surface area contributed by atoms with E-state index in [4.69, 9.17) is 9.47 Å². The molecule has 0 radical (unpaired) electrons. The highest BCUT2D eigenvalue weighted by atomic mass is 19.4. The molecule has 2 fully saturated rings. The molecule has 0 amide bonds. The first-order valence-corrected chi connectivity index (χ1v) is 12.9. The van der Waals surface area contributed by atoms with Gasteiger partial charge in [-0.15, -0.1) is 0 Å². The van der Waals surface area contributed by atoms with Gasteiger partial charge in [-0.2, -0.15) is 13.2 Å². The molecule has 37 heavy (non-hydrogen) atoms. The highest BCUT2D eigenvalue weighted by Crippen LogP contribution is 2.33. The SMILES string of the molecule is COC(=O)CC[C@@H]1CN(Cc2ccc(C(F)(F)F)cc2)CC[C@@H]1N1CCN(c2ccccc2OC)CC1. The molecule has 202 valence electrons. The maximum atomic E-state index is 12.9. The van der Waals surface area contributed by atoms with Crippen molar-refractivity contribution in [3.05, 3.63) is 59.7 Å². The van der Waals surface area contributed by atoms with Crippen molar-refractivity contribution in [2.24, 2.45) is 5.92 Å². The summed E-state index contributed by atoms with van der Waals surface area (Å²) in [5.41, 5.74) is 1.35. The van der Waals surface area contributed by atoms with Gasteiger partial charge in [0.15, 0.2) is 0 Å². The lowest BCUT2D eigenvalue weighted by molar-refractivity contribution is -0.141. The largest absolute Gasteiger partial charge is 0.495 e. The minimum Gasteiger partial charge on any atom is -0.495 e. The second-order valence-corrected chi connectivity index (χ2v) is 9.86. The maximum Gasteiger partial charge on any atom is 0.416 e. The van der Waals surface area contributed by atoms with Crippen molar-refractivity contribution < 1.29 is 27.4 Å². The van der Waals surface area contributed by atoms with Gasteiger partial charge in [0.1, 0.15) is 5.75 Å². The first-order valence-electron chi connectivity index (χ1n) is 12.9. The predicted molar refractivity (Wildman–Crippen MR) is 137 cm³/mol. The van der Waals surface area contributed by atoms with Crippen LogP contribution in [0.3, 0.4) is 0 Å². The molecule has 9 heteroatoms. The monoisotopic (exact) mass is 519 g/mol. The smallest absolute Gasteiger partial charge is 0.416 e. The molecule has 0 N–H and O–H groups in total. The number of carbonyl (C=O) groups is 1. The van der Waals surface area contributed by atoms with Gasteiger partial charge in [-0.3, -0.25) is 14.6 Å². The molecule has 6 nitrogen and oxygen atoms in total. The van der Waals surface area contributed by atoms with Gasteiger partial charge in [0.25, 0.3) is 0 Å². The average Bonchev–Trinajstić information content (AvgIpc) is 2.91. The molecular formula is C28H36F3N3O3. The van der Waals surface area contributed by atoms with E-state index >= 15 is 0 Å². The lowest BCUT2D eigenvalue weighted by Gasteiger charge is -2.47. The molecule has 4 rings (SSSR count). The number of para-hydroxylation sites is 2. The van der Waals surface area contributed by atoms with Gasteiger partial charge < -0.3 is 14.4 Å². The Morgan fingerprint density at radius 1 is 0.973 bits per heavy atom. The second-order valence-electron chi connectivity index (χ2n) is 9.86. The van der Waals surface area contributed by atoms with E-state index in [2.05, 4.69) is 20.8 Å². The fourth-order valence-corrected chi connectivity index (χ4v) is 5.65. The summed E-state index contributed by atoms with van der Waals surface area (Å²) in [7, 11) is 3.11. The number of piperazine rings is 1. The van der Waals surface area contributed by atoms with Gasteiger partial charge in [0.05, 0.1) is 25.5 Å². The van der Waals surface area contributed by atoms with Crippen molar-refractivity contribution in [2.45, 2.75) is 38.0 Å². The number of piperidine rings is 1. The van der Waals surface area contributed by atoms with Crippen LogP contribution in [0.2, 0.25) is 0 Å². The van der Waals surface area contributed by atoms with Crippen molar-refractivity contribution in [1.29, 1.82) is 0 Å². The standard InChI is InChI=1S/C28H36F3N3O3/c1-36-26-6-4-3-5-25(26)34-17-15-33(16-18-34)24-13-14-32(20-22(24)9-12-27(35)37-2)19-21-7-10-23(11-8-21)28(29,30)31/h3-8,10-11,22,24H,9,12-20H2,1-2H3/t22-,24+/m1/s1. The van der Waals surface area contributed by atoms with Crippen LogP contribution in [-0.2, 0) is 22.3 Å². The predicted octanol–water partition coefficient (Wildman–Crippen LogP) is 4.68. The molecule has 0 bridgehead atoms. The Bertz CT molecular complexity index is 1020. The minimum atomic E-state index is -4.33. The Morgan fingerprint density at radius 3 is 2.32 bits per heavy atom. The van der Waals surface area contributed by atoms with Crippen LogP contribution in [-0.4, -0.2) is 75.3 Å². The van der Waals surface area contributed by atoms with Crippen LogP contribution in [0, 0.1) is 5.92 Å². The van der Waals surface area contributed by atoms with E-state index in [1.54, 1.807) is 19.2 Å². The Morgan fingerprint density at radius 2 is 1.68 bits per heavy atom. The van der Waals surface area contributed by atoms with Crippen molar-refractivity contribution >= 4 is 11.7 Å². The van der Waals surface area contributed by atoms with Gasteiger partial charge >= 0.3 is 12.1 Å². The van der Waals surface area contributed by atoms with E-state index in [9.17, 15) is 18.0 Å². The van der Waals surface area contributed by atoms with E-state index in [1.807, 2.05) is 18.2 Å². The van der Waals surface area contributed by atoms with Crippen molar-refractivity contribution in [3.8, 4) is 5.75 Å². The summed E-state index contributed by atoms with van der Waals surface area (Å²) in [6, 6.07) is 13.9. The summed E-state index contributed by atoms with van der Waals surface area (Å²) < 4.78 is 49.2. The second kappa shape index (κ2) is 12.2. The van der Waals surface area contributed by atoms with E-state index < -0.39 is 11.7 Å². The highest BCUT2D eigenvalue weighted by molar-refractivity contribution is 5.69. The third kappa shape index (κ3) is 6.96. The number of esters is 1. The lowest BCUT2D eigenvalue weighted by atomic mass is 9.86. The molecule has 0 saturated carbocycles. The summed E-state index contributed by atoms with van der Waals surface area (Å²) in [4.78, 5) is 19.1. The number of benzene rings is 2. The molecule has 2 aromatic carbocycles. The van der Waals surface area contributed by atoms with Gasteiger partial charge in [0, 0.05) is 51.7 Å². The number of carbonyl (C=O) groups excluding carboxylic acids is 1. The summed E-state index contributed by atoms with van der Waals surface area (Å²) in [6.07, 6.45) is -2.27. The number of hydrogen-bond acceptors (Lipinski definition) is 6. The van der Waals surface area contributed by atoms with Crippen LogP contribution >= 0.6 is 0 Å². The maximum absolute atomic E-state index is 12.9. The van der Waals surface area contributed by atoms with Crippen LogP contribution in [0.5, 0.6) is 5.75 Å². The quantitative estimate of drug-likeness (QED) is 0.472. The zero-order valence-corrected chi connectivity index (χ0v) is 21.5. The van der Waals surface area contributed by atoms with Gasteiger partial charge in [0.2, 0.25) is 0 Å². The first kappa shape index (κ1) is 27.3. The Balaban J connectivity index is 1.39. The Hall–Kier alpha value is -2.78. The number of rotatable bonds is 8. The molecule has 2 atom stereocenters. The third-order valence-electron chi connectivity index (χ3n) is 7.62. The molecule has 0 aromatic heterocycles. The number of hydrogen-bond donors (Lipinski definition) is 0. The van der Waals surface area contributed by atoms with Gasteiger partial charge in [-0.25, -0.2) is 0 Å². The summed E-state index contributed by atoms with van der Waals surface area (Å²) >= 11 is 0. The van der Waals surface area contributed by atoms with Crippen molar-refractivity contribution in [1.82, 2.24) is 9.80 Å². The average molecular weight is 520 g/mol.